The number of rotatable bonds is 8. The van der Waals surface area contributed by atoms with Crippen molar-refractivity contribution in [1.29, 1.82) is 0 Å². The minimum atomic E-state index is -0.982. The molecule has 3 aromatic rings. The number of carbonyl (C=O) groups excluding carboxylic acids is 1. The van der Waals surface area contributed by atoms with Crippen LogP contribution in [-0.4, -0.2) is 43.2 Å². The third kappa shape index (κ3) is 4.65. The number of hydrogen-bond donors (Lipinski definition) is 1. The predicted octanol–water partition coefficient (Wildman–Crippen LogP) is 4.28. The second-order valence-electron chi connectivity index (χ2n) is 7.66. The quantitative estimate of drug-likeness (QED) is 0.574. The van der Waals surface area contributed by atoms with Gasteiger partial charge in [-0.3, -0.25) is 4.79 Å². The molecule has 3 aromatic carbocycles. The number of carbonyl (C=O) groups is 2. The maximum absolute atomic E-state index is 12.8. The van der Waals surface area contributed by atoms with Gasteiger partial charge in [0.15, 0.2) is 11.9 Å². The molecule has 164 valence electrons. The number of hydrogen-bond acceptors (Lipinski definition) is 5. The second kappa shape index (κ2) is 9.66. The highest BCUT2D eigenvalue weighted by atomic mass is 16.5. The number of aliphatic carboxylic acids is 1. The lowest BCUT2D eigenvalue weighted by Crippen LogP contribution is -2.25. The Morgan fingerprint density at radius 3 is 2.41 bits per heavy atom. The van der Waals surface area contributed by atoms with E-state index in [1.54, 1.807) is 0 Å². The molecule has 0 radical (unpaired) electrons. The van der Waals surface area contributed by atoms with Crippen LogP contribution in [0.3, 0.4) is 0 Å². The Morgan fingerprint density at radius 2 is 1.69 bits per heavy atom. The molecule has 4 rings (SSSR count). The van der Waals surface area contributed by atoms with E-state index in [1.807, 2.05) is 72.8 Å². The minimum absolute atomic E-state index is 0.114. The lowest BCUT2D eigenvalue weighted by atomic mass is 10.0. The fourth-order valence-corrected chi connectivity index (χ4v) is 3.97. The summed E-state index contributed by atoms with van der Waals surface area (Å²) in [5, 5.41) is 9.13. The summed E-state index contributed by atoms with van der Waals surface area (Å²) in [4.78, 5) is 26.1. The van der Waals surface area contributed by atoms with E-state index in [1.165, 1.54) is 7.11 Å². The molecule has 1 heterocycles. The smallest absolute Gasteiger partial charge is 0.333 e. The van der Waals surface area contributed by atoms with Crippen LogP contribution in [0.25, 0.3) is 0 Å². The van der Waals surface area contributed by atoms with Gasteiger partial charge in [-0.2, -0.15) is 0 Å². The highest BCUT2D eigenvalue weighted by Crippen LogP contribution is 2.35. The van der Waals surface area contributed by atoms with E-state index < -0.39 is 12.1 Å². The van der Waals surface area contributed by atoms with Crippen molar-refractivity contribution in [3.05, 3.63) is 89.5 Å². The molecular formula is C26H25NO5. The van der Waals surface area contributed by atoms with Crippen molar-refractivity contribution >= 4 is 23.1 Å². The van der Waals surface area contributed by atoms with E-state index in [0.29, 0.717) is 31.7 Å². The number of anilines is 2. The average Bonchev–Trinajstić information content (AvgIpc) is 2.93. The molecule has 1 atom stereocenters. The summed E-state index contributed by atoms with van der Waals surface area (Å²) in [6.45, 7) is 1.000. The van der Waals surface area contributed by atoms with Gasteiger partial charge in [0.05, 0.1) is 12.2 Å². The normalized spacial score (nSPS) is 13.7. The van der Waals surface area contributed by atoms with Crippen LogP contribution in [0.1, 0.15) is 21.5 Å². The minimum Gasteiger partial charge on any atom is -0.492 e. The third-order valence-electron chi connectivity index (χ3n) is 5.62. The van der Waals surface area contributed by atoms with Crippen LogP contribution in [0, 0.1) is 0 Å². The Labute approximate surface area is 187 Å². The van der Waals surface area contributed by atoms with Crippen LogP contribution in [0.15, 0.2) is 72.8 Å². The molecule has 0 aromatic heterocycles. The van der Waals surface area contributed by atoms with Gasteiger partial charge in [-0.15, -0.1) is 0 Å². The van der Waals surface area contributed by atoms with Crippen molar-refractivity contribution in [2.24, 2.45) is 0 Å². The van der Waals surface area contributed by atoms with Gasteiger partial charge in [-0.25, -0.2) is 4.79 Å². The summed E-state index contributed by atoms with van der Waals surface area (Å²) in [5.74, 6) is -0.169. The maximum Gasteiger partial charge on any atom is 0.333 e. The molecular weight excluding hydrogens is 406 g/mol. The third-order valence-corrected chi connectivity index (χ3v) is 5.62. The van der Waals surface area contributed by atoms with Crippen molar-refractivity contribution < 1.29 is 24.2 Å². The summed E-state index contributed by atoms with van der Waals surface area (Å²) in [5.41, 5.74) is 4.49. The summed E-state index contributed by atoms with van der Waals surface area (Å²) in [6.07, 6.45) is -0.195. The molecule has 6 heteroatoms. The highest BCUT2D eigenvalue weighted by molar-refractivity contribution is 6.05. The Bertz CT molecular complexity index is 1110. The topological polar surface area (TPSA) is 76.1 Å². The SMILES string of the molecule is COC(Cc1ccc(OCCN2c3ccccc3CC(=O)c3ccccc32)cc1)C(=O)O. The lowest BCUT2D eigenvalue weighted by molar-refractivity contribution is -0.148. The molecule has 0 saturated carbocycles. The van der Waals surface area contributed by atoms with Crippen molar-refractivity contribution in [1.82, 2.24) is 0 Å². The number of methoxy groups -OCH3 is 1. The van der Waals surface area contributed by atoms with E-state index in [9.17, 15) is 9.59 Å². The number of ketones is 1. The van der Waals surface area contributed by atoms with Gasteiger partial charge in [0.1, 0.15) is 12.4 Å². The Morgan fingerprint density at radius 1 is 1.00 bits per heavy atom. The number of benzene rings is 3. The Hall–Kier alpha value is -3.64. The predicted molar refractivity (Wildman–Crippen MR) is 122 cm³/mol. The zero-order valence-corrected chi connectivity index (χ0v) is 17.9. The summed E-state index contributed by atoms with van der Waals surface area (Å²) >= 11 is 0. The number of fused-ring (bicyclic) bond motifs is 2. The second-order valence-corrected chi connectivity index (χ2v) is 7.66. The van der Waals surface area contributed by atoms with Crippen LogP contribution in [0.4, 0.5) is 11.4 Å². The largest absolute Gasteiger partial charge is 0.492 e. The van der Waals surface area contributed by atoms with Crippen LogP contribution in [0.2, 0.25) is 0 Å². The number of Topliss-reactive ketones (excluding diaryl/α,β-unsaturated/α-hetero) is 1. The van der Waals surface area contributed by atoms with Crippen molar-refractivity contribution in [3.63, 3.8) is 0 Å². The monoisotopic (exact) mass is 431 g/mol. The van der Waals surface area contributed by atoms with Gasteiger partial charge >= 0.3 is 5.97 Å². The molecule has 0 spiro atoms. The van der Waals surface area contributed by atoms with Crippen molar-refractivity contribution in [2.45, 2.75) is 18.9 Å². The molecule has 1 aliphatic heterocycles. The van der Waals surface area contributed by atoms with Gasteiger partial charge in [-0.1, -0.05) is 42.5 Å². The zero-order chi connectivity index (χ0) is 22.5. The van der Waals surface area contributed by atoms with Crippen molar-refractivity contribution in [2.75, 3.05) is 25.2 Å². The molecule has 0 bridgehead atoms. The van der Waals surface area contributed by atoms with E-state index in [-0.39, 0.29) is 5.78 Å². The fourth-order valence-electron chi connectivity index (χ4n) is 3.97. The first-order valence-electron chi connectivity index (χ1n) is 10.5. The van der Waals surface area contributed by atoms with Crippen LogP contribution in [-0.2, 0) is 22.4 Å². The van der Waals surface area contributed by atoms with Gasteiger partial charge in [0.2, 0.25) is 0 Å². The number of ether oxygens (including phenoxy) is 2. The molecule has 0 fully saturated rings. The molecule has 1 aliphatic rings. The first-order chi connectivity index (χ1) is 15.6. The van der Waals surface area contributed by atoms with Crippen LogP contribution < -0.4 is 9.64 Å². The van der Waals surface area contributed by atoms with E-state index in [2.05, 4.69) is 4.90 Å². The van der Waals surface area contributed by atoms with E-state index in [4.69, 9.17) is 14.6 Å². The first-order valence-corrected chi connectivity index (χ1v) is 10.5. The molecule has 0 saturated heterocycles. The Balaban J connectivity index is 1.47. The van der Waals surface area contributed by atoms with Crippen LogP contribution in [0.5, 0.6) is 5.75 Å². The number of nitrogens with zero attached hydrogens (tertiary/aromatic N) is 1. The fraction of sp³-hybridized carbons (Fsp3) is 0.231. The van der Waals surface area contributed by atoms with E-state index >= 15 is 0 Å². The van der Waals surface area contributed by atoms with Crippen molar-refractivity contribution in [3.8, 4) is 5.75 Å². The lowest BCUT2D eigenvalue weighted by Gasteiger charge is -2.26. The summed E-state index contributed by atoms with van der Waals surface area (Å²) < 4.78 is 11.0. The summed E-state index contributed by atoms with van der Waals surface area (Å²) in [7, 11) is 1.39. The highest BCUT2D eigenvalue weighted by Gasteiger charge is 2.24. The average molecular weight is 431 g/mol. The molecule has 6 nitrogen and oxygen atoms in total. The first kappa shape index (κ1) is 21.6. The maximum atomic E-state index is 12.8. The standard InChI is InChI=1S/C26H25NO5/c1-31-25(26(29)30)16-18-10-12-20(13-11-18)32-15-14-27-22-8-4-2-6-19(22)17-24(28)21-7-3-5-9-23(21)27/h2-13,25H,14-17H2,1H3,(H,29,30). The molecule has 0 aliphatic carbocycles. The van der Waals surface area contributed by atoms with Crippen LogP contribution >= 0.6 is 0 Å². The number of para-hydroxylation sites is 2. The molecule has 1 unspecified atom stereocenters. The molecule has 32 heavy (non-hydrogen) atoms. The Kier molecular flexibility index (Phi) is 6.52. The van der Waals surface area contributed by atoms with Gasteiger partial charge in [0.25, 0.3) is 0 Å². The molecule has 0 amide bonds. The van der Waals surface area contributed by atoms with Gasteiger partial charge in [-0.05, 0) is 41.5 Å². The number of carboxylic acids is 1. The zero-order valence-electron chi connectivity index (χ0n) is 17.9. The van der Waals surface area contributed by atoms with E-state index in [0.717, 1.165) is 28.1 Å². The van der Waals surface area contributed by atoms with Gasteiger partial charge in [0, 0.05) is 31.2 Å². The van der Waals surface area contributed by atoms with Gasteiger partial charge < -0.3 is 19.5 Å². The number of carboxylic acid groups (broad SMARTS) is 1. The summed E-state index contributed by atoms with van der Waals surface area (Å²) in [6, 6.07) is 23.0. The molecule has 1 N–H and O–H groups in total.